The molecule has 3 rings (SSSR count). The molecule has 170 valence electrons. The molecule has 0 radical (unpaired) electrons. The van der Waals surface area contributed by atoms with Crippen LogP contribution in [0, 0.1) is 0 Å². The van der Waals surface area contributed by atoms with Crippen molar-refractivity contribution < 1.29 is 19.1 Å². The summed E-state index contributed by atoms with van der Waals surface area (Å²) in [5.74, 6) is 0.00581. The van der Waals surface area contributed by atoms with E-state index in [1.807, 2.05) is 0 Å². The van der Waals surface area contributed by atoms with Gasteiger partial charge in [0.15, 0.2) is 0 Å². The molecule has 0 atom stereocenters. The third-order valence-corrected chi connectivity index (χ3v) is 5.13. The fourth-order valence-electron chi connectivity index (χ4n) is 2.69. The lowest BCUT2D eigenvalue weighted by Gasteiger charge is -2.07. The summed E-state index contributed by atoms with van der Waals surface area (Å²) in [7, 11) is 0. The quantitative estimate of drug-likeness (QED) is 0.124. The monoisotopic (exact) mass is 504 g/mol. The van der Waals surface area contributed by atoms with Crippen LogP contribution in [0.3, 0.4) is 0 Å². The molecular formula is C24H19Cl3N2O4. The van der Waals surface area contributed by atoms with Gasteiger partial charge in [0.2, 0.25) is 5.91 Å². The number of nitrogens with zero attached hydrogens (tertiary/aromatic N) is 1. The Morgan fingerprint density at radius 3 is 2.55 bits per heavy atom. The maximum Gasteiger partial charge on any atom is 0.345 e. The number of amides is 1. The fourth-order valence-corrected chi connectivity index (χ4v) is 3.36. The topological polar surface area (TPSA) is 77.0 Å². The molecule has 1 N–H and O–H groups in total. The smallest absolute Gasteiger partial charge is 0.345 e. The highest BCUT2D eigenvalue weighted by Crippen LogP contribution is 2.27. The molecule has 0 aliphatic carbocycles. The molecule has 3 aromatic carbocycles. The van der Waals surface area contributed by atoms with E-state index in [4.69, 9.17) is 44.3 Å². The summed E-state index contributed by atoms with van der Waals surface area (Å²) in [4.78, 5) is 24.2. The first-order chi connectivity index (χ1) is 15.9. The van der Waals surface area contributed by atoms with Gasteiger partial charge in [-0.15, -0.1) is 0 Å². The van der Waals surface area contributed by atoms with E-state index in [0.29, 0.717) is 45.2 Å². The molecule has 0 aliphatic rings. The van der Waals surface area contributed by atoms with Gasteiger partial charge < -0.3 is 9.47 Å². The zero-order valence-corrected chi connectivity index (χ0v) is 19.5. The molecular weight excluding hydrogens is 487 g/mol. The van der Waals surface area contributed by atoms with E-state index in [1.165, 1.54) is 6.21 Å². The second-order valence-corrected chi connectivity index (χ2v) is 8.01. The molecule has 0 saturated heterocycles. The van der Waals surface area contributed by atoms with Crippen LogP contribution in [0.15, 0.2) is 71.8 Å². The van der Waals surface area contributed by atoms with Gasteiger partial charge in [0.1, 0.15) is 11.5 Å². The van der Waals surface area contributed by atoms with Gasteiger partial charge in [0.25, 0.3) is 0 Å². The van der Waals surface area contributed by atoms with Crippen LogP contribution in [-0.4, -0.2) is 24.7 Å². The molecule has 0 bridgehead atoms. The standard InChI is InChI=1S/C24H19Cl3N2O4/c25-17-10-11-22(21(27)14-17)32-12-4-9-23(30)29-28-15-16-5-3-6-18(13-16)33-24(31)19-7-1-2-8-20(19)26/h1-3,5-8,10-11,13-15H,4,9,12H2,(H,29,30)/b28-15+. The lowest BCUT2D eigenvalue weighted by Crippen LogP contribution is -2.18. The third-order valence-electron chi connectivity index (χ3n) is 4.26. The van der Waals surface area contributed by atoms with Gasteiger partial charge in [-0.3, -0.25) is 4.79 Å². The summed E-state index contributed by atoms with van der Waals surface area (Å²) < 4.78 is 10.9. The van der Waals surface area contributed by atoms with Crippen molar-refractivity contribution in [1.82, 2.24) is 5.43 Å². The molecule has 0 heterocycles. The number of carbonyl (C=O) groups is 2. The predicted octanol–water partition coefficient (Wildman–Crippen LogP) is 6.18. The molecule has 0 unspecified atom stereocenters. The van der Waals surface area contributed by atoms with Crippen LogP contribution in [0.1, 0.15) is 28.8 Å². The molecule has 0 aromatic heterocycles. The number of esters is 1. The van der Waals surface area contributed by atoms with Crippen molar-refractivity contribution in [2.24, 2.45) is 5.10 Å². The van der Waals surface area contributed by atoms with Crippen LogP contribution in [-0.2, 0) is 4.79 Å². The third kappa shape index (κ3) is 7.79. The number of hydrazone groups is 1. The van der Waals surface area contributed by atoms with Crippen molar-refractivity contribution in [3.63, 3.8) is 0 Å². The van der Waals surface area contributed by atoms with E-state index < -0.39 is 5.97 Å². The number of benzene rings is 3. The minimum Gasteiger partial charge on any atom is -0.492 e. The molecule has 3 aromatic rings. The van der Waals surface area contributed by atoms with Gasteiger partial charge in [-0.25, -0.2) is 10.2 Å². The lowest BCUT2D eigenvalue weighted by molar-refractivity contribution is -0.121. The van der Waals surface area contributed by atoms with Crippen molar-refractivity contribution in [2.75, 3.05) is 6.61 Å². The summed E-state index contributed by atoms with van der Waals surface area (Å²) in [6.07, 6.45) is 2.15. The van der Waals surface area contributed by atoms with E-state index in [-0.39, 0.29) is 17.9 Å². The first-order valence-electron chi connectivity index (χ1n) is 9.89. The normalized spacial score (nSPS) is 10.8. The van der Waals surface area contributed by atoms with Crippen molar-refractivity contribution >= 4 is 52.9 Å². The summed E-state index contributed by atoms with van der Waals surface area (Å²) in [5, 5.41) is 5.18. The Labute approximate surface area is 206 Å². The summed E-state index contributed by atoms with van der Waals surface area (Å²) in [5.41, 5.74) is 3.36. The van der Waals surface area contributed by atoms with Gasteiger partial charge in [0.05, 0.1) is 28.4 Å². The van der Waals surface area contributed by atoms with Gasteiger partial charge in [-0.1, -0.05) is 59.1 Å². The highest BCUT2D eigenvalue weighted by molar-refractivity contribution is 6.35. The minimum atomic E-state index is -0.565. The van der Waals surface area contributed by atoms with Gasteiger partial charge >= 0.3 is 5.97 Å². The van der Waals surface area contributed by atoms with Gasteiger partial charge in [-0.2, -0.15) is 5.10 Å². The van der Waals surface area contributed by atoms with E-state index in [1.54, 1.807) is 66.7 Å². The second-order valence-electron chi connectivity index (χ2n) is 6.76. The Bertz CT molecular complexity index is 1170. The maximum absolute atomic E-state index is 12.3. The number of hydrogen-bond donors (Lipinski definition) is 1. The number of rotatable bonds is 9. The van der Waals surface area contributed by atoms with E-state index >= 15 is 0 Å². The van der Waals surface area contributed by atoms with Crippen LogP contribution in [0.2, 0.25) is 15.1 Å². The highest BCUT2D eigenvalue weighted by Gasteiger charge is 2.12. The fraction of sp³-hybridized carbons (Fsp3) is 0.125. The van der Waals surface area contributed by atoms with Crippen LogP contribution >= 0.6 is 34.8 Å². The number of ether oxygens (including phenoxy) is 2. The molecule has 1 amide bonds. The van der Waals surface area contributed by atoms with Crippen LogP contribution < -0.4 is 14.9 Å². The molecule has 0 aliphatic heterocycles. The summed E-state index contributed by atoms with van der Waals surface area (Å²) >= 11 is 17.9. The number of hydrogen-bond acceptors (Lipinski definition) is 5. The zero-order chi connectivity index (χ0) is 23.6. The Morgan fingerprint density at radius 2 is 1.76 bits per heavy atom. The molecule has 0 spiro atoms. The SMILES string of the molecule is O=C(CCCOc1ccc(Cl)cc1Cl)N/N=C/c1cccc(OC(=O)c2ccccc2Cl)c1. The Hall–Kier alpha value is -3.06. The number of nitrogens with one attached hydrogen (secondary N) is 1. The van der Waals surface area contributed by atoms with Crippen molar-refractivity contribution in [1.29, 1.82) is 0 Å². The summed E-state index contributed by atoms with van der Waals surface area (Å²) in [6.45, 7) is 0.317. The van der Waals surface area contributed by atoms with Gasteiger partial charge in [0, 0.05) is 11.4 Å². The Balaban J connectivity index is 1.43. The first kappa shape index (κ1) is 24.6. The van der Waals surface area contributed by atoms with E-state index in [2.05, 4.69) is 10.5 Å². The molecule has 33 heavy (non-hydrogen) atoms. The van der Waals surface area contributed by atoms with Crippen molar-refractivity contribution in [3.05, 3.63) is 92.9 Å². The minimum absolute atomic E-state index is 0.220. The van der Waals surface area contributed by atoms with Crippen LogP contribution in [0.4, 0.5) is 0 Å². The van der Waals surface area contributed by atoms with Crippen molar-refractivity contribution in [3.8, 4) is 11.5 Å². The molecule has 0 saturated carbocycles. The average molecular weight is 506 g/mol. The van der Waals surface area contributed by atoms with Crippen molar-refractivity contribution in [2.45, 2.75) is 12.8 Å². The van der Waals surface area contributed by atoms with Crippen LogP contribution in [0.5, 0.6) is 11.5 Å². The molecule has 0 fully saturated rings. The number of carbonyl (C=O) groups excluding carboxylic acids is 2. The lowest BCUT2D eigenvalue weighted by atomic mass is 10.2. The number of halogens is 3. The van der Waals surface area contributed by atoms with Gasteiger partial charge in [-0.05, 0) is 54.4 Å². The highest BCUT2D eigenvalue weighted by atomic mass is 35.5. The predicted molar refractivity (Wildman–Crippen MR) is 130 cm³/mol. The largest absolute Gasteiger partial charge is 0.492 e. The maximum atomic E-state index is 12.3. The molecule has 6 nitrogen and oxygen atoms in total. The molecule has 9 heteroatoms. The average Bonchev–Trinajstić information content (AvgIpc) is 2.78. The van der Waals surface area contributed by atoms with E-state index in [0.717, 1.165) is 0 Å². The van der Waals surface area contributed by atoms with E-state index in [9.17, 15) is 9.59 Å². The summed E-state index contributed by atoms with van der Waals surface area (Å²) in [6, 6.07) is 18.3. The van der Waals surface area contributed by atoms with Crippen LogP contribution in [0.25, 0.3) is 0 Å². The zero-order valence-electron chi connectivity index (χ0n) is 17.3. The first-order valence-corrected chi connectivity index (χ1v) is 11.0. The Kier molecular flexibility index (Phi) is 9.13. The second kappa shape index (κ2) is 12.3. The Morgan fingerprint density at radius 1 is 0.939 bits per heavy atom.